The Morgan fingerprint density at radius 2 is 1.82 bits per heavy atom. The first-order valence-electron chi connectivity index (χ1n) is 9.52. The minimum atomic E-state index is -0.385. The van der Waals surface area contributed by atoms with Crippen LogP contribution in [0.3, 0.4) is 0 Å². The van der Waals surface area contributed by atoms with Gasteiger partial charge in [0.15, 0.2) is 0 Å². The van der Waals surface area contributed by atoms with Gasteiger partial charge in [0, 0.05) is 6.54 Å². The van der Waals surface area contributed by atoms with Crippen molar-refractivity contribution in [3.05, 3.63) is 72.3 Å². The first-order valence-corrected chi connectivity index (χ1v) is 9.52. The van der Waals surface area contributed by atoms with Crippen LogP contribution in [0.5, 0.6) is 11.5 Å². The van der Waals surface area contributed by atoms with Crippen molar-refractivity contribution in [3.8, 4) is 11.5 Å². The lowest BCUT2D eigenvalue weighted by Gasteiger charge is -2.31. The second-order valence-corrected chi connectivity index (χ2v) is 7.06. The van der Waals surface area contributed by atoms with Gasteiger partial charge in [-0.05, 0) is 59.5 Å². The van der Waals surface area contributed by atoms with E-state index in [1.165, 1.54) is 22.9 Å². The highest BCUT2D eigenvalue weighted by Crippen LogP contribution is 2.21. The second-order valence-electron chi connectivity index (χ2n) is 7.06. The van der Waals surface area contributed by atoms with Crippen molar-refractivity contribution < 1.29 is 19.4 Å². The minimum absolute atomic E-state index is 0.00686. The number of rotatable bonds is 4. The van der Waals surface area contributed by atoms with Gasteiger partial charge in [-0.25, -0.2) is 4.79 Å². The van der Waals surface area contributed by atoms with Crippen molar-refractivity contribution in [3.63, 3.8) is 0 Å². The predicted molar refractivity (Wildman–Crippen MR) is 107 cm³/mol. The summed E-state index contributed by atoms with van der Waals surface area (Å²) in [4.78, 5) is 14.1. The van der Waals surface area contributed by atoms with Gasteiger partial charge < -0.3 is 19.5 Å². The van der Waals surface area contributed by atoms with Crippen LogP contribution in [0, 0.1) is 0 Å². The number of nitrogens with zero attached hydrogens (tertiary/aromatic N) is 1. The number of piperidine rings is 1. The number of hydrogen-bond donors (Lipinski definition) is 1. The number of phenols is 1. The molecule has 0 spiro atoms. The molecule has 1 unspecified atom stereocenters. The van der Waals surface area contributed by atoms with Crippen LogP contribution in [-0.4, -0.2) is 35.3 Å². The highest BCUT2D eigenvalue weighted by atomic mass is 16.6. The van der Waals surface area contributed by atoms with E-state index < -0.39 is 0 Å². The molecular weight excluding hydrogens is 354 g/mol. The fourth-order valence-corrected chi connectivity index (χ4v) is 3.46. The number of phenolic OH excluding ortho intramolecular Hbond substituents is 1. The van der Waals surface area contributed by atoms with Crippen LogP contribution < -0.4 is 4.74 Å². The molecule has 0 aromatic heterocycles. The van der Waals surface area contributed by atoms with Crippen LogP contribution in [0.25, 0.3) is 10.8 Å². The summed E-state index contributed by atoms with van der Waals surface area (Å²) in [6.07, 6.45) is 1.42. The molecule has 1 heterocycles. The van der Waals surface area contributed by atoms with E-state index in [0.29, 0.717) is 25.4 Å². The smallest absolute Gasteiger partial charge is 0.415 e. The molecule has 1 N–H and O–H groups in total. The van der Waals surface area contributed by atoms with Gasteiger partial charge >= 0.3 is 6.09 Å². The van der Waals surface area contributed by atoms with E-state index in [-0.39, 0.29) is 17.9 Å². The van der Waals surface area contributed by atoms with Gasteiger partial charge in [-0.2, -0.15) is 0 Å². The van der Waals surface area contributed by atoms with Crippen LogP contribution in [0.2, 0.25) is 0 Å². The predicted octanol–water partition coefficient (Wildman–Crippen LogP) is 4.73. The van der Waals surface area contributed by atoms with E-state index in [1.54, 1.807) is 17.0 Å². The van der Waals surface area contributed by atoms with E-state index in [2.05, 4.69) is 30.3 Å². The normalized spacial score (nSPS) is 16.9. The van der Waals surface area contributed by atoms with E-state index in [4.69, 9.17) is 9.47 Å². The maximum Gasteiger partial charge on any atom is 0.415 e. The lowest BCUT2D eigenvalue weighted by atomic mass is 10.1. The zero-order valence-electron chi connectivity index (χ0n) is 15.6. The Morgan fingerprint density at radius 1 is 1.04 bits per heavy atom. The molecule has 1 aliphatic rings. The van der Waals surface area contributed by atoms with E-state index in [9.17, 15) is 9.90 Å². The van der Waals surface area contributed by atoms with E-state index in [1.807, 2.05) is 12.1 Å². The molecule has 1 aliphatic heterocycles. The third-order valence-corrected chi connectivity index (χ3v) is 4.98. The molecule has 0 aliphatic carbocycles. The first-order chi connectivity index (χ1) is 13.7. The average molecular weight is 377 g/mol. The number of likely N-dealkylation sites (tertiary alicyclic amines) is 1. The highest BCUT2D eigenvalue weighted by molar-refractivity contribution is 5.82. The van der Waals surface area contributed by atoms with Gasteiger partial charge in [0.25, 0.3) is 0 Å². The summed E-state index contributed by atoms with van der Waals surface area (Å²) >= 11 is 0. The zero-order valence-corrected chi connectivity index (χ0v) is 15.6. The first kappa shape index (κ1) is 18.3. The summed E-state index contributed by atoms with van der Waals surface area (Å²) in [6, 6.07) is 20.7. The number of ether oxygens (including phenoxy) is 2. The quantitative estimate of drug-likeness (QED) is 0.714. The Balaban J connectivity index is 1.32. The molecule has 0 saturated carbocycles. The number of carbonyl (C=O) groups is 1. The summed E-state index contributed by atoms with van der Waals surface area (Å²) in [6.45, 7) is 1.70. The largest absolute Gasteiger partial charge is 0.508 e. The van der Waals surface area contributed by atoms with Crippen LogP contribution in [0.1, 0.15) is 18.4 Å². The monoisotopic (exact) mass is 377 g/mol. The van der Waals surface area contributed by atoms with Crippen molar-refractivity contribution in [1.29, 1.82) is 0 Å². The molecule has 28 heavy (non-hydrogen) atoms. The molecular formula is C23H23NO4. The Morgan fingerprint density at radius 3 is 2.64 bits per heavy atom. The SMILES string of the molecule is O=C(Oc1ccc(O)cc1)N1CCCC(OCc2ccc3ccccc3c2)C1. The van der Waals surface area contributed by atoms with Crippen molar-refractivity contribution in [2.75, 3.05) is 13.1 Å². The molecule has 1 amide bonds. The fraction of sp³-hybridized carbons (Fsp3) is 0.261. The van der Waals surface area contributed by atoms with Crippen LogP contribution in [0.15, 0.2) is 66.7 Å². The molecule has 1 saturated heterocycles. The molecule has 1 fully saturated rings. The Hall–Kier alpha value is -3.05. The van der Waals surface area contributed by atoms with Crippen molar-refractivity contribution in [2.45, 2.75) is 25.6 Å². The lowest BCUT2D eigenvalue weighted by Crippen LogP contribution is -2.44. The number of fused-ring (bicyclic) bond motifs is 1. The molecule has 4 rings (SSSR count). The van der Waals surface area contributed by atoms with Gasteiger partial charge in [-0.15, -0.1) is 0 Å². The van der Waals surface area contributed by atoms with Gasteiger partial charge in [-0.1, -0.05) is 36.4 Å². The van der Waals surface area contributed by atoms with Crippen LogP contribution >= 0.6 is 0 Å². The van der Waals surface area contributed by atoms with E-state index in [0.717, 1.165) is 18.4 Å². The molecule has 0 bridgehead atoms. The third-order valence-electron chi connectivity index (χ3n) is 4.98. The number of carbonyl (C=O) groups excluding carboxylic acids is 1. The standard InChI is InChI=1S/C23H23NO4/c25-20-9-11-21(12-10-20)28-23(26)24-13-3-6-22(15-24)27-16-17-7-8-18-4-1-2-5-19(18)14-17/h1-2,4-5,7-12,14,22,25H,3,6,13,15-16H2. The molecule has 144 valence electrons. The Kier molecular flexibility index (Phi) is 5.44. The highest BCUT2D eigenvalue weighted by Gasteiger charge is 2.25. The summed E-state index contributed by atoms with van der Waals surface area (Å²) in [7, 11) is 0. The fourth-order valence-electron chi connectivity index (χ4n) is 3.46. The maximum atomic E-state index is 12.4. The van der Waals surface area contributed by atoms with Crippen molar-refractivity contribution in [2.24, 2.45) is 0 Å². The molecule has 3 aromatic rings. The minimum Gasteiger partial charge on any atom is -0.508 e. The van der Waals surface area contributed by atoms with Crippen molar-refractivity contribution >= 4 is 16.9 Å². The molecule has 0 radical (unpaired) electrons. The summed E-state index contributed by atoms with van der Waals surface area (Å²) in [5.74, 6) is 0.557. The number of amides is 1. The summed E-state index contributed by atoms with van der Waals surface area (Å²) < 4.78 is 11.5. The zero-order chi connectivity index (χ0) is 19.3. The average Bonchev–Trinajstić information content (AvgIpc) is 2.74. The summed E-state index contributed by atoms with van der Waals surface area (Å²) in [5, 5.41) is 11.7. The Bertz CT molecular complexity index is 954. The molecule has 3 aromatic carbocycles. The Labute approximate surface area is 164 Å². The van der Waals surface area contributed by atoms with E-state index >= 15 is 0 Å². The second kappa shape index (κ2) is 8.31. The third kappa shape index (κ3) is 4.43. The number of aromatic hydroxyl groups is 1. The molecule has 1 atom stereocenters. The number of benzene rings is 3. The molecule has 5 nitrogen and oxygen atoms in total. The van der Waals surface area contributed by atoms with Gasteiger partial charge in [0.1, 0.15) is 11.5 Å². The summed E-state index contributed by atoms with van der Waals surface area (Å²) in [5.41, 5.74) is 1.13. The van der Waals surface area contributed by atoms with Gasteiger partial charge in [-0.3, -0.25) is 0 Å². The molecule has 5 heteroatoms. The number of hydrogen-bond acceptors (Lipinski definition) is 4. The maximum absolute atomic E-state index is 12.4. The van der Waals surface area contributed by atoms with Crippen LogP contribution in [-0.2, 0) is 11.3 Å². The van der Waals surface area contributed by atoms with Crippen molar-refractivity contribution in [1.82, 2.24) is 4.90 Å². The van der Waals surface area contributed by atoms with Gasteiger partial charge in [0.2, 0.25) is 0 Å². The lowest BCUT2D eigenvalue weighted by molar-refractivity contribution is -0.00501. The van der Waals surface area contributed by atoms with Gasteiger partial charge in [0.05, 0.1) is 19.3 Å². The topological polar surface area (TPSA) is 59.0 Å². The van der Waals surface area contributed by atoms with Crippen LogP contribution in [0.4, 0.5) is 4.79 Å².